The molecule has 0 saturated heterocycles. The molecule has 1 aromatic carbocycles. The SMILES string of the molecule is CCCCCCCCCCC(=O)NN=Cc1ccc(F)cc1. The Kier molecular flexibility index (Phi) is 9.92. The van der Waals surface area contributed by atoms with E-state index in [1.54, 1.807) is 12.1 Å². The molecule has 0 spiro atoms. The first-order chi connectivity index (χ1) is 10.7. The molecule has 0 radical (unpaired) electrons. The fourth-order valence-electron chi connectivity index (χ4n) is 2.20. The van der Waals surface area contributed by atoms with Gasteiger partial charge in [-0.2, -0.15) is 5.10 Å². The quantitative estimate of drug-likeness (QED) is 0.356. The third-order valence-electron chi connectivity index (χ3n) is 3.53. The van der Waals surface area contributed by atoms with Gasteiger partial charge in [-0.25, -0.2) is 9.82 Å². The lowest BCUT2D eigenvalue weighted by Gasteiger charge is -2.01. The zero-order valence-corrected chi connectivity index (χ0v) is 13.5. The average Bonchev–Trinajstić information content (AvgIpc) is 2.52. The van der Waals surface area contributed by atoms with Crippen LogP contribution in [0.2, 0.25) is 0 Å². The molecule has 1 aromatic rings. The Hall–Kier alpha value is -1.71. The van der Waals surface area contributed by atoms with Crippen molar-refractivity contribution in [1.82, 2.24) is 5.43 Å². The maximum Gasteiger partial charge on any atom is 0.240 e. The van der Waals surface area contributed by atoms with E-state index in [1.165, 1.54) is 56.9 Å². The highest BCUT2D eigenvalue weighted by atomic mass is 19.1. The molecule has 4 heteroatoms. The Labute approximate surface area is 133 Å². The predicted molar refractivity (Wildman–Crippen MR) is 89.4 cm³/mol. The zero-order valence-electron chi connectivity index (χ0n) is 13.5. The molecule has 0 unspecified atom stereocenters. The fraction of sp³-hybridized carbons (Fsp3) is 0.556. The molecule has 0 atom stereocenters. The first-order valence-electron chi connectivity index (χ1n) is 8.30. The van der Waals surface area contributed by atoms with Gasteiger partial charge in [-0.05, 0) is 24.1 Å². The molecule has 122 valence electrons. The maximum absolute atomic E-state index is 12.7. The van der Waals surface area contributed by atoms with E-state index in [9.17, 15) is 9.18 Å². The number of nitrogens with one attached hydrogen (secondary N) is 1. The summed E-state index contributed by atoms with van der Waals surface area (Å²) in [5.74, 6) is -0.347. The van der Waals surface area contributed by atoms with E-state index < -0.39 is 0 Å². The number of hydrazone groups is 1. The summed E-state index contributed by atoms with van der Waals surface area (Å²) in [6.07, 6.45) is 11.7. The van der Waals surface area contributed by atoms with Gasteiger partial charge in [-0.1, -0.05) is 64.0 Å². The van der Waals surface area contributed by atoms with Gasteiger partial charge < -0.3 is 0 Å². The molecule has 1 N–H and O–H groups in total. The predicted octanol–water partition coefficient (Wildman–Crippen LogP) is 4.81. The van der Waals surface area contributed by atoms with Crippen LogP contribution in [0, 0.1) is 5.82 Å². The number of hydrogen-bond donors (Lipinski definition) is 1. The minimum atomic E-state index is -0.282. The van der Waals surface area contributed by atoms with Crippen molar-refractivity contribution in [1.29, 1.82) is 0 Å². The van der Waals surface area contributed by atoms with Gasteiger partial charge >= 0.3 is 0 Å². The first kappa shape index (κ1) is 18.3. The van der Waals surface area contributed by atoms with Gasteiger partial charge in [0, 0.05) is 6.42 Å². The molecule has 0 aliphatic rings. The van der Waals surface area contributed by atoms with E-state index >= 15 is 0 Å². The fourth-order valence-corrected chi connectivity index (χ4v) is 2.20. The third-order valence-corrected chi connectivity index (χ3v) is 3.53. The largest absolute Gasteiger partial charge is 0.273 e. The van der Waals surface area contributed by atoms with Gasteiger partial charge in [0.05, 0.1) is 6.21 Å². The molecule has 0 fully saturated rings. The van der Waals surface area contributed by atoms with Gasteiger partial charge in [-0.15, -0.1) is 0 Å². The summed E-state index contributed by atoms with van der Waals surface area (Å²) in [5, 5.41) is 3.87. The molecule has 0 aliphatic carbocycles. The van der Waals surface area contributed by atoms with Gasteiger partial charge in [0.25, 0.3) is 0 Å². The lowest BCUT2D eigenvalue weighted by atomic mass is 10.1. The van der Waals surface area contributed by atoms with E-state index in [0.29, 0.717) is 6.42 Å². The van der Waals surface area contributed by atoms with Crippen molar-refractivity contribution in [2.75, 3.05) is 0 Å². The second-order valence-electron chi connectivity index (χ2n) is 5.57. The van der Waals surface area contributed by atoms with Crippen molar-refractivity contribution in [2.24, 2.45) is 5.10 Å². The lowest BCUT2D eigenvalue weighted by Crippen LogP contribution is -2.16. The van der Waals surface area contributed by atoms with Crippen LogP contribution >= 0.6 is 0 Å². The van der Waals surface area contributed by atoms with Crippen molar-refractivity contribution in [3.8, 4) is 0 Å². The van der Waals surface area contributed by atoms with E-state index in [4.69, 9.17) is 0 Å². The summed E-state index contributed by atoms with van der Waals surface area (Å²) in [5.41, 5.74) is 3.26. The van der Waals surface area contributed by atoms with Gasteiger partial charge in [0.1, 0.15) is 5.82 Å². The van der Waals surface area contributed by atoms with Crippen LogP contribution in [0.3, 0.4) is 0 Å². The van der Waals surface area contributed by atoms with E-state index in [-0.39, 0.29) is 11.7 Å². The molecule has 3 nitrogen and oxygen atoms in total. The number of halogens is 1. The van der Waals surface area contributed by atoms with Crippen molar-refractivity contribution >= 4 is 12.1 Å². The number of nitrogens with zero attached hydrogens (tertiary/aromatic N) is 1. The van der Waals surface area contributed by atoms with E-state index in [2.05, 4.69) is 17.5 Å². The van der Waals surface area contributed by atoms with Crippen molar-refractivity contribution in [3.63, 3.8) is 0 Å². The van der Waals surface area contributed by atoms with Gasteiger partial charge in [0.2, 0.25) is 5.91 Å². The molecular weight excluding hydrogens is 279 g/mol. The Morgan fingerprint density at radius 2 is 1.64 bits per heavy atom. The summed E-state index contributed by atoms with van der Waals surface area (Å²) in [6.45, 7) is 2.22. The Morgan fingerprint density at radius 1 is 1.05 bits per heavy atom. The van der Waals surface area contributed by atoms with Crippen LogP contribution in [0.1, 0.15) is 70.3 Å². The van der Waals surface area contributed by atoms with Crippen molar-refractivity contribution in [2.45, 2.75) is 64.7 Å². The maximum atomic E-state index is 12.7. The summed E-state index contributed by atoms with van der Waals surface area (Å²) < 4.78 is 12.7. The molecular formula is C18H27FN2O. The summed E-state index contributed by atoms with van der Waals surface area (Å²) in [7, 11) is 0. The van der Waals surface area contributed by atoms with Crippen LogP contribution in [0.5, 0.6) is 0 Å². The number of carbonyl (C=O) groups excluding carboxylic acids is 1. The number of unbranched alkanes of at least 4 members (excludes halogenated alkanes) is 7. The molecule has 0 saturated carbocycles. The van der Waals surface area contributed by atoms with Crippen LogP contribution in [0.25, 0.3) is 0 Å². The number of rotatable bonds is 11. The highest BCUT2D eigenvalue weighted by Crippen LogP contribution is 2.09. The molecule has 0 bridgehead atoms. The van der Waals surface area contributed by atoms with Crippen LogP contribution in [-0.4, -0.2) is 12.1 Å². The minimum Gasteiger partial charge on any atom is -0.273 e. The lowest BCUT2D eigenvalue weighted by molar-refractivity contribution is -0.121. The van der Waals surface area contributed by atoms with E-state index in [1.807, 2.05) is 0 Å². The summed E-state index contributed by atoms with van der Waals surface area (Å²) in [6, 6.07) is 5.96. The zero-order chi connectivity index (χ0) is 16.0. The molecule has 1 rings (SSSR count). The van der Waals surface area contributed by atoms with Gasteiger partial charge in [-0.3, -0.25) is 4.79 Å². The summed E-state index contributed by atoms with van der Waals surface area (Å²) >= 11 is 0. The molecule has 0 heterocycles. The smallest absolute Gasteiger partial charge is 0.240 e. The molecule has 22 heavy (non-hydrogen) atoms. The monoisotopic (exact) mass is 306 g/mol. The first-order valence-corrected chi connectivity index (χ1v) is 8.30. The van der Waals surface area contributed by atoms with Crippen LogP contribution in [0.4, 0.5) is 4.39 Å². The minimum absolute atomic E-state index is 0.0654. The Bertz CT molecular complexity index is 443. The standard InChI is InChI=1S/C18H27FN2O/c1-2-3-4-5-6-7-8-9-10-18(22)21-20-15-16-11-13-17(19)14-12-16/h11-15H,2-10H2,1H3,(H,21,22). The number of amides is 1. The summed E-state index contributed by atoms with van der Waals surface area (Å²) in [4.78, 5) is 11.6. The number of benzene rings is 1. The molecule has 0 aromatic heterocycles. The normalized spacial score (nSPS) is 11.0. The highest BCUT2D eigenvalue weighted by Gasteiger charge is 1.99. The van der Waals surface area contributed by atoms with Crippen LogP contribution in [-0.2, 0) is 4.79 Å². The number of carbonyl (C=O) groups is 1. The second-order valence-corrected chi connectivity index (χ2v) is 5.57. The topological polar surface area (TPSA) is 41.5 Å². The van der Waals surface area contributed by atoms with Crippen LogP contribution < -0.4 is 5.43 Å². The number of hydrogen-bond acceptors (Lipinski definition) is 2. The van der Waals surface area contributed by atoms with E-state index in [0.717, 1.165) is 18.4 Å². The third kappa shape index (κ3) is 9.27. The van der Waals surface area contributed by atoms with Gasteiger partial charge in [0.15, 0.2) is 0 Å². The second kappa shape index (κ2) is 11.9. The molecule has 1 amide bonds. The molecule has 0 aliphatic heterocycles. The Balaban J connectivity index is 2.02. The average molecular weight is 306 g/mol. The van der Waals surface area contributed by atoms with Crippen LogP contribution in [0.15, 0.2) is 29.4 Å². The van der Waals surface area contributed by atoms with Crippen molar-refractivity contribution in [3.05, 3.63) is 35.6 Å². The highest BCUT2D eigenvalue weighted by molar-refractivity contribution is 5.82. The van der Waals surface area contributed by atoms with Crippen molar-refractivity contribution < 1.29 is 9.18 Å². The Morgan fingerprint density at radius 3 is 2.27 bits per heavy atom.